The minimum Gasteiger partial charge on any atom is -0.483 e. The Labute approximate surface area is 208 Å². The van der Waals surface area contributed by atoms with E-state index in [1.54, 1.807) is 17.4 Å². The van der Waals surface area contributed by atoms with Crippen LogP contribution in [0.15, 0.2) is 18.2 Å². The van der Waals surface area contributed by atoms with Crippen molar-refractivity contribution in [2.75, 3.05) is 13.2 Å². The Kier molecular flexibility index (Phi) is 9.60. The van der Waals surface area contributed by atoms with Crippen LogP contribution >= 0.6 is 0 Å². The first-order chi connectivity index (χ1) is 16.9. The van der Waals surface area contributed by atoms with Crippen LogP contribution in [0.25, 0.3) is 0 Å². The summed E-state index contributed by atoms with van der Waals surface area (Å²) < 4.78 is 68.4. The zero-order valence-electron chi connectivity index (χ0n) is 20.5. The van der Waals surface area contributed by atoms with E-state index < -0.39 is 37.3 Å². The van der Waals surface area contributed by atoms with Crippen molar-refractivity contribution >= 4 is 5.91 Å². The monoisotopic (exact) mass is 521 g/mol. The zero-order valence-corrected chi connectivity index (χ0v) is 20.5. The molecule has 5 nitrogen and oxygen atoms in total. The van der Waals surface area contributed by atoms with Gasteiger partial charge >= 0.3 is 12.1 Å². The van der Waals surface area contributed by atoms with E-state index in [9.17, 15) is 37.0 Å². The molecule has 10 heteroatoms. The number of nitrogens with one attached hydrogen (secondary N) is 1. The molecule has 0 radical (unpaired) electrons. The van der Waals surface area contributed by atoms with E-state index in [-0.39, 0.29) is 23.9 Å². The zero-order chi connectivity index (χ0) is 26.5. The van der Waals surface area contributed by atoms with E-state index in [1.165, 1.54) is 0 Å². The summed E-state index contributed by atoms with van der Waals surface area (Å²) in [6.07, 6.45) is 0.782. The van der Waals surface area contributed by atoms with Gasteiger partial charge in [-0.3, -0.25) is 4.79 Å². The summed E-state index contributed by atoms with van der Waals surface area (Å²) in [5.74, 6) is -5.13. The fourth-order valence-corrected chi connectivity index (χ4v) is 5.60. The molecule has 5 atom stereocenters. The third-order valence-corrected chi connectivity index (χ3v) is 7.60. The van der Waals surface area contributed by atoms with Gasteiger partial charge in [-0.1, -0.05) is 38.3 Å². The molecule has 0 heterocycles. The highest BCUT2D eigenvalue weighted by atomic mass is 19.4. The number of hydrogen-bond donors (Lipinski definition) is 3. The van der Waals surface area contributed by atoms with Gasteiger partial charge in [0.15, 0.2) is 6.61 Å². The van der Waals surface area contributed by atoms with Crippen LogP contribution in [-0.2, 0) is 17.6 Å². The molecule has 1 saturated carbocycles. The number of alkyl halides is 5. The summed E-state index contributed by atoms with van der Waals surface area (Å²) in [6, 6.07) is 5.35. The fraction of sp³-hybridized carbons (Fsp3) is 0.731. The first-order valence-corrected chi connectivity index (χ1v) is 12.7. The molecule has 1 fully saturated rings. The number of halogens is 5. The van der Waals surface area contributed by atoms with Crippen LogP contribution in [0.1, 0.15) is 63.0 Å². The predicted octanol–water partition coefficient (Wildman–Crippen LogP) is 4.81. The molecule has 2 aliphatic rings. The quantitative estimate of drug-likeness (QED) is 0.273. The second kappa shape index (κ2) is 12.1. The van der Waals surface area contributed by atoms with Gasteiger partial charge in [0, 0.05) is 0 Å². The van der Waals surface area contributed by atoms with Crippen molar-refractivity contribution < 1.29 is 41.7 Å². The molecule has 0 aliphatic heterocycles. The van der Waals surface area contributed by atoms with E-state index in [0.717, 1.165) is 49.7 Å². The van der Waals surface area contributed by atoms with Crippen LogP contribution in [-0.4, -0.2) is 53.6 Å². The van der Waals surface area contributed by atoms with Crippen LogP contribution in [0.4, 0.5) is 22.0 Å². The highest BCUT2D eigenvalue weighted by Crippen LogP contribution is 2.48. The molecule has 2 aliphatic carbocycles. The first-order valence-electron chi connectivity index (χ1n) is 12.7. The summed E-state index contributed by atoms with van der Waals surface area (Å²) in [6.45, 7) is -0.408. The van der Waals surface area contributed by atoms with Crippen molar-refractivity contribution in [1.29, 1.82) is 0 Å². The number of ether oxygens (including phenoxy) is 1. The van der Waals surface area contributed by atoms with Gasteiger partial charge in [-0.15, -0.1) is 0 Å². The topological polar surface area (TPSA) is 78.8 Å². The van der Waals surface area contributed by atoms with E-state index in [1.807, 2.05) is 6.07 Å². The van der Waals surface area contributed by atoms with Crippen molar-refractivity contribution in [3.63, 3.8) is 0 Å². The second-order valence-corrected chi connectivity index (χ2v) is 10.2. The van der Waals surface area contributed by atoms with Gasteiger partial charge in [-0.2, -0.15) is 22.0 Å². The van der Waals surface area contributed by atoms with Gasteiger partial charge in [0.2, 0.25) is 0 Å². The highest BCUT2D eigenvalue weighted by molar-refractivity contribution is 5.77. The molecule has 0 aromatic heterocycles. The van der Waals surface area contributed by atoms with Crippen LogP contribution in [0, 0.1) is 17.8 Å². The molecule has 3 N–H and O–H groups in total. The van der Waals surface area contributed by atoms with Crippen LogP contribution in [0.2, 0.25) is 0 Å². The smallest absolute Gasteiger partial charge is 0.455 e. The van der Waals surface area contributed by atoms with Crippen LogP contribution in [0.3, 0.4) is 0 Å². The average Bonchev–Trinajstić information content (AvgIpc) is 3.11. The van der Waals surface area contributed by atoms with Gasteiger partial charge in [-0.05, 0) is 73.5 Å². The van der Waals surface area contributed by atoms with Gasteiger partial charge in [0.1, 0.15) is 5.75 Å². The number of hydrogen-bond acceptors (Lipinski definition) is 4. The maximum atomic E-state index is 13.0. The minimum atomic E-state index is -5.74. The molecule has 0 bridgehead atoms. The maximum absolute atomic E-state index is 13.0. The lowest BCUT2D eigenvalue weighted by atomic mass is 9.73. The largest absolute Gasteiger partial charge is 0.483 e. The lowest BCUT2D eigenvalue weighted by molar-refractivity contribution is -0.278. The Morgan fingerprint density at radius 1 is 1.17 bits per heavy atom. The molecular formula is C26H36F5NO4. The van der Waals surface area contributed by atoms with Crippen molar-refractivity contribution in [1.82, 2.24) is 5.32 Å². The maximum Gasteiger partial charge on any atom is 0.455 e. The molecule has 204 valence electrons. The van der Waals surface area contributed by atoms with Gasteiger partial charge in [-0.25, -0.2) is 0 Å². The Morgan fingerprint density at radius 3 is 2.61 bits per heavy atom. The van der Waals surface area contributed by atoms with Crippen molar-refractivity contribution in [2.24, 2.45) is 17.8 Å². The van der Waals surface area contributed by atoms with Crippen molar-refractivity contribution in [2.45, 2.75) is 89.0 Å². The highest BCUT2D eigenvalue weighted by Gasteiger charge is 2.57. The lowest BCUT2D eigenvalue weighted by Gasteiger charge is -2.32. The number of benzene rings is 1. The SMILES string of the molecule is CCCCCC(O)CCC1C(O)CC2Cc3c(cccc3OCC(=O)NCC(F)(F)C(F)(F)F)CC21. The molecule has 0 saturated heterocycles. The van der Waals surface area contributed by atoms with E-state index in [2.05, 4.69) is 6.92 Å². The summed E-state index contributed by atoms with van der Waals surface area (Å²) in [7, 11) is 0. The lowest BCUT2D eigenvalue weighted by Crippen LogP contribution is -2.47. The van der Waals surface area contributed by atoms with Gasteiger partial charge < -0.3 is 20.3 Å². The number of aliphatic hydroxyl groups excluding tert-OH is 2. The van der Waals surface area contributed by atoms with E-state index >= 15 is 0 Å². The second-order valence-electron chi connectivity index (χ2n) is 10.2. The molecule has 1 aromatic carbocycles. The molecule has 0 spiro atoms. The normalized spacial score (nSPS) is 24.7. The summed E-state index contributed by atoms with van der Waals surface area (Å²) in [4.78, 5) is 11.8. The van der Waals surface area contributed by atoms with Crippen molar-refractivity contribution in [3.05, 3.63) is 29.3 Å². The number of amides is 1. The number of aliphatic hydroxyl groups is 2. The predicted molar refractivity (Wildman–Crippen MR) is 124 cm³/mol. The number of carbonyl (C=O) groups is 1. The Bertz CT molecular complexity index is 878. The third-order valence-electron chi connectivity index (χ3n) is 7.60. The molecular weight excluding hydrogens is 485 g/mol. The molecule has 3 rings (SSSR count). The Hall–Kier alpha value is -1.94. The first kappa shape index (κ1) is 28.6. The summed E-state index contributed by atoms with van der Waals surface area (Å²) >= 11 is 0. The fourth-order valence-electron chi connectivity index (χ4n) is 5.60. The van der Waals surface area contributed by atoms with Crippen molar-refractivity contribution in [3.8, 4) is 5.75 Å². The van der Waals surface area contributed by atoms with E-state index in [4.69, 9.17) is 4.74 Å². The Balaban J connectivity index is 1.56. The van der Waals surface area contributed by atoms with Crippen LogP contribution in [0.5, 0.6) is 5.75 Å². The standard InChI is InChI=1S/C26H36F5NO4/c1-2-3-4-7-18(33)9-10-19-20-11-16-6-5-8-23(21(16)12-17(20)13-22(19)34)36-14-24(35)32-15-25(27,28)26(29,30)31/h5-6,8,17-20,22,33-34H,2-4,7,9-15H2,1H3,(H,32,35). The minimum absolute atomic E-state index is 0.0922. The number of fused-ring (bicyclic) bond motifs is 2. The van der Waals surface area contributed by atoms with Gasteiger partial charge in [0.05, 0.1) is 18.8 Å². The van der Waals surface area contributed by atoms with E-state index in [0.29, 0.717) is 25.0 Å². The molecule has 5 unspecified atom stereocenters. The van der Waals surface area contributed by atoms with Gasteiger partial charge in [0.25, 0.3) is 5.91 Å². The molecule has 36 heavy (non-hydrogen) atoms. The molecule has 1 amide bonds. The molecule has 1 aromatic rings. The number of rotatable bonds is 12. The van der Waals surface area contributed by atoms with Crippen LogP contribution < -0.4 is 10.1 Å². The summed E-state index contributed by atoms with van der Waals surface area (Å²) in [5, 5.41) is 22.6. The average molecular weight is 522 g/mol. The number of unbranched alkanes of at least 4 members (excludes halogenated alkanes) is 2. The number of carbonyl (C=O) groups excluding carboxylic acids is 1. The third kappa shape index (κ3) is 7.09. The Morgan fingerprint density at radius 2 is 1.92 bits per heavy atom. The summed E-state index contributed by atoms with van der Waals surface area (Å²) in [5.41, 5.74) is 1.89.